The van der Waals surface area contributed by atoms with Crippen molar-refractivity contribution in [3.8, 4) is 6.07 Å². The van der Waals surface area contributed by atoms with E-state index < -0.39 is 11.9 Å². The van der Waals surface area contributed by atoms with Crippen LogP contribution in [-0.4, -0.2) is 35.6 Å². The van der Waals surface area contributed by atoms with E-state index >= 15 is 0 Å². The van der Waals surface area contributed by atoms with Gasteiger partial charge in [-0.25, -0.2) is 4.98 Å². The highest BCUT2D eigenvalue weighted by Crippen LogP contribution is 2.29. The first-order valence-corrected chi connectivity index (χ1v) is 6.87. The molecule has 0 radical (unpaired) electrons. The van der Waals surface area contributed by atoms with Crippen LogP contribution in [0.1, 0.15) is 31.0 Å². The minimum atomic E-state index is -4.51. The fraction of sp³-hybridized carbons (Fsp3) is 0.571. The molecule has 1 aliphatic heterocycles. The van der Waals surface area contributed by atoms with Gasteiger partial charge in [0.15, 0.2) is 0 Å². The number of hydrogen-bond donors (Lipinski definition) is 1. The van der Waals surface area contributed by atoms with Gasteiger partial charge in [-0.15, -0.1) is 0 Å². The molecule has 114 valence electrons. The lowest BCUT2D eigenvalue weighted by Crippen LogP contribution is -2.33. The van der Waals surface area contributed by atoms with Gasteiger partial charge in [0.25, 0.3) is 0 Å². The van der Waals surface area contributed by atoms with Gasteiger partial charge in [-0.3, -0.25) is 0 Å². The van der Waals surface area contributed by atoms with Crippen molar-refractivity contribution in [2.75, 3.05) is 25.0 Å². The molecule has 1 aromatic rings. The van der Waals surface area contributed by atoms with Crippen LogP contribution in [0.25, 0.3) is 0 Å². The Bertz CT molecular complexity index is 530. The lowest BCUT2D eigenvalue weighted by atomic mass is 10.2. The molecule has 0 saturated carbocycles. The minimum Gasteiger partial charge on any atom is -0.365 e. The summed E-state index contributed by atoms with van der Waals surface area (Å²) in [5, 5.41) is 11.9. The number of halogens is 3. The van der Waals surface area contributed by atoms with Crippen molar-refractivity contribution in [3.63, 3.8) is 0 Å². The maximum atomic E-state index is 12.7. The largest absolute Gasteiger partial charge is 0.433 e. The molecule has 4 nitrogen and oxygen atoms in total. The van der Waals surface area contributed by atoms with Gasteiger partial charge in [-0.05, 0) is 45.0 Å². The Balaban J connectivity index is 2.11. The molecule has 0 bridgehead atoms. The van der Waals surface area contributed by atoms with Crippen molar-refractivity contribution in [1.29, 1.82) is 5.26 Å². The number of likely N-dealkylation sites (tertiary alicyclic amines) is 1. The van der Waals surface area contributed by atoms with Crippen LogP contribution >= 0.6 is 0 Å². The third kappa shape index (κ3) is 4.08. The van der Waals surface area contributed by atoms with E-state index in [0.29, 0.717) is 0 Å². The maximum Gasteiger partial charge on any atom is 0.433 e. The molecule has 0 spiro atoms. The molecule has 21 heavy (non-hydrogen) atoms. The summed E-state index contributed by atoms with van der Waals surface area (Å²) in [6.45, 7) is 4.62. The van der Waals surface area contributed by atoms with E-state index in [1.165, 1.54) is 0 Å². The van der Waals surface area contributed by atoms with E-state index in [0.717, 1.165) is 44.6 Å². The van der Waals surface area contributed by atoms with Crippen LogP contribution in [0.15, 0.2) is 12.1 Å². The molecule has 2 heterocycles. The summed E-state index contributed by atoms with van der Waals surface area (Å²) < 4.78 is 38.1. The molecule has 1 N–H and O–H groups in total. The number of nitrogens with zero attached hydrogens (tertiary/aromatic N) is 3. The second kappa shape index (κ2) is 6.31. The van der Waals surface area contributed by atoms with Crippen LogP contribution in [0.2, 0.25) is 0 Å². The number of rotatable bonds is 4. The van der Waals surface area contributed by atoms with Crippen molar-refractivity contribution in [1.82, 2.24) is 9.88 Å². The van der Waals surface area contributed by atoms with Crippen LogP contribution in [0.3, 0.4) is 0 Å². The molecule has 2 rings (SSSR count). The van der Waals surface area contributed by atoms with Crippen LogP contribution in [-0.2, 0) is 6.18 Å². The summed E-state index contributed by atoms with van der Waals surface area (Å²) in [5.74, 6) is -0.000906. The zero-order valence-electron chi connectivity index (χ0n) is 11.7. The van der Waals surface area contributed by atoms with E-state index in [2.05, 4.69) is 15.2 Å². The number of nitriles is 1. The molecule has 1 unspecified atom stereocenters. The molecule has 1 aromatic heterocycles. The Kier molecular flexibility index (Phi) is 4.68. The average Bonchev–Trinajstić information content (AvgIpc) is 2.90. The van der Waals surface area contributed by atoms with Gasteiger partial charge in [0.1, 0.15) is 17.6 Å². The molecule has 0 aromatic carbocycles. The summed E-state index contributed by atoms with van der Waals surface area (Å²) >= 11 is 0. The van der Waals surface area contributed by atoms with Crippen molar-refractivity contribution in [2.45, 2.75) is 32.0 Å². The number of nitrogens with one attached hydrogen (secondary N) is 1. The summed E-state index contributed by atoms with van der Waals surface area (Å²) in [6.07, 6.45) is -2.21. The number of anilines is 1. The first-order chi connectivity index (χ1) is 9.90. The quantitative estimate of drug-likeness (QED) is 0.928. The predicted octanol–water partition coefficient (Wildman–Crippen LogP) is 2.87. The van der Waals surface area contributed by atoms with Gasteiger partial charge >= 0.3 is 6.18 Å². The minimum absolute atomic E-state index is 0.000906. The molecule has 1 aliphatic rings. The van der Waals surface area contributed by atoms with Crippen LogP contribution in [0.4, 0.5) is 19.0 Å². The lowest BCUT2D eigenvalue weighted by molar-refractivity contribution is -0.141. The zero-order chi connectivity index (χ0) is 15.5. The highest BCUT2D eigenvalue weighted by Gasteiger charge is 2.33. The predicted molar refractivity (Wildman–Crippen MR) is 72.7 cm³/mol. The van der Waals surface area contributed by atoms with Gasteiger partial charge in [0, 0.05) is 12.6 Å². The van der Waals surface area contributed by atoms with E-state index in [-0.39, 0.29) is 17.4 Å². The van der Waals surface area contributed by atoms with Crippen LogP contribution < -0.4 is 5.32 Å². The topological polar surface area (TPSA) is 52.0 Å². The van der Waals surface area contributed by atoms with Crippen molar-refractivity contribution < 1.29 is 13.2 Å². The third-order valence-electron chi connectivity index (χ3n) is 3.42. The van der Waals surface area contributed by atoms with Crippen LogP contribution in [0, 0.1) is 11.3 Å². The number of hydrogen-bond acceptors (Lipinski definition) is 4. The molecular formula is C14H17F3N4. The highest BCUT2D eigenvalue weighted by atomic mass is 19.4. The monoisotopic (exact) mass is 298 g/mol. The molecule has 7 heteroatoms. The van der Waals surface area contributed by atoms with E-state index in [1.54, 1.807) is 0 Å². The van der Waals surface area contributed by atoms with Gasteiger partial charge in [-0.1, -0.05) is 0 Å². The molecule has 1 saturated heterocycles. The SMILES string of the molecule is CC(CN1CCCC1)Nc1nc(C(F)(F)F)ccc1C#N. The van der Waals surface area contributed by atoms with Gasteiger partial charge < -0.3 is 10.2 Å². The standard InChI is InChI=1S/C14H17F3N4/c1-10(9-21-6-2-3-7-21)19-13-11(8-18)4-5-12(20-13)14(15,16)17/h4-5,10H,2-3,6-7,9H2,1H3,(H,19,20). The fourth-order valence-electron chi connectivity index (χ4n) is 2.45. The summed E-state index contributed by atoms with van der Waals surface area (Å²) in [4.78, 5) is 5.80. The number of alkyl halides is 3. The van der Waals surface area contributed by atoms with Gasteiger partial charge in [0.05, 0.1) is 5.56 Å². The summed E-state index contributed by atoms with van der Waals surface area (Å²) in [6, 6.07) is 3.77. The van der Waals surface area contributed by atoms with E-state index in [1.807, 2.05) is 13.0 Å². The Morgan fingerprint density at radius 3 is 2.62 bits per heavy atom. The molecule has 1 fully saturated rings. The van der Waals surface area contributed by atoms with Crippen molar-refractivity contribution in [2.24, 2.45) is 0 Å². The second-order valence-corrected chi connectivity index (χ2v) is 5.26. The zero-order valence-corrected chi connectivity index (χ0v) is 11.7. The molecule has 0 aliphatic carbocycles. The molecule has 1 atom stereocenters. The van der Waals surface area contributed by atoms with E-state index in [9.17, 15) is 13.2 Å². The van der Waals surface area contributed by atoms with Crippen molar-refractivity contribution in [3.05, 3.63) is 23.4 Å². The Morgan fingerprint density at radius 1 is 1.38 bits per heavy atom. The Morgan fingerprint density at radius 2 is 2.05 bits per heavy atom. The fourth-order valence-corrected chi connectivity index (χ4v) is 2.45. The Labute approximate surface area is 121 Å². The molecule has 0 amide bonds. The first kappa shape index (κ1) is 15.6. The smallest absolute Gasteiger partial charge is 0.365 e. The summed E-state index contributed by atoms with van der Waals surface area (Å²) in [5.41, 5.74) is -0.867. The summed E-state index contributed by atoms with van der Waals surface area (Å²) in [7, 11) is 0. The first-order valence-electron chi connectivity index (χ1n) is 6.87. The number of pyridine rings is 1. The van der Waals surface area contributed by atoms with Crippen LogP contribution in [0.5, 0.6) is 0 Å². The highest BCUT2D eigenvalue weighted by molar-refractivity contribution is 5.53. The molecular weight excluding hydrogens is 281 g/mol. The third-order valence-corrected chi connectivity index (χ3v) is 3.42. The second-order valence-electron chi connectivity index (χ2n) is 5.26. The number of aromatic nitrogens is 1. The maximum absolute atomic E-state index is 12.7. The van der Waals surface area contributed by atoms with E-state index in [4.69, 9.17) is 5.26 Å². The average molecular weight is 298 g/mol. The Hall–Kier alpha value is -1.81. The van der Waals surface area contributed by atoms with Gasteiger partial charge in [0.2, 0.25) is 0 Å². The lowest BCUT2D eigenvalue weighted by Gasteiger charge is -2.22. The van der Waals surface area contributed by atoms with Gasteiger partial charge in [-0.2, -0.15) is 18.4 Å². The van der Waals surface area contributed by atoms with Crippen molar-refractivity contribution >= 4 is 5.82 Å². The normalized spacial score (nSPS) is 17.5.